The molecule has 6 heteroatoms. The number of nitrogens with zero attached hydrogens (tertiary/aromatic N) is 1. The number of carbonyl (C=O) groups is 2. The van der Waals surface area contributed by atoms with Gasteiger partial charge in [-0.05, 0) is 25.0 Å². The third-order valence-electron chi connectivity index (χ3n) is 2.54. The Bertz CT molecular complexity index is 408. The van der Waals surface area contributed by atoms with Crippen molar-refractivity contribution in [3.05, 3.63) is 30.1 Å². The second-order valence-corrected chi connectivity index (χ2v) is 3.92. The lowest BCUT2D eigenvalue weighted by atomic mass is 10.1. The van der Waals surface area contributed by atoms with Gasteiger partial charge in [-0.2, -0.15) is 0 Å². The van der Waals surface area contributed by atoms with Gasteiger partial charge >= 0.3 is 12.0 Å². The summed E-state index contributed by atoms with van der Waals surface area (Å²) in [6.45, 7) is 3.50. The summed E-state index contributed by atoms with van der Waals surface area (Å²) in [5.74, 6) is -1.04. The van der Waals surface area contributed by atoms with Gasteiger partial charge in [0.2, 0.25) is 0 Å². The van der Waals surface area contributed by atoms with Crippen LogP contribution in [0.1, 0.15) is 31.9 Å². The number of rotatable bonds is 5. The quantitative estimate of drug-likeness (QED) is 0.735. The van der Waals surface area contributed by atoms with Crippen LogP contribution in [0.4, 0.5) is 4.79 Å². The van der Waals surface area contributed by atoms with Gasteiger partial charge in [-0.15, -0.1) is 0 Å². The first kappa shape index (κ1) is 14.0. The number of pyridine rings is 1. The lowest BCUT2D eigenvalue weighted by Gasteiger charge is -2.17. The number of carboxylic acid groups (broad SMARTS) is 1. The molecule has 0 fully saturated rings. The maximum absolute atomic E-state index is 11.6. The monoisotopic (exact) mass is 251 g/mol. The maximum Gasteiger partial charge on any atom is 0.326 e. The summed E-state index contributed by atoms with van der Waals surface area (Å²) in [6.07, 6.45) is 3.64. The summed E-state index contributed by atoms with van der Waals surface area (Å²) >= 11 is 0. The van der Waals surface area contributed by atoms with Gasteiger partial charge in [0.25, 0.3) is 0 Å². The topological polar surface area (TPSA) is 91.3 Å². The molecule has 18 heavy (non-hydrogen) atoms. The summed E-state index contributed by atoms with van der Waals surface area (Å²) < 4.78 is 0. The molecule has 1 aromatic heterocycles. The number of carboxylic acids is 1. The maximum atomic E-state index is 11.6. The third kappa shape index (κ3) is 4.04. The molecule has 1 unspecified atom stereocenters. The largest absolute Gasteiger partial charge is 0.480 e. The van der Waals surface area contributed by atoms with Crippen LogP contribution in [0.15, 0.2) is 24.5 Å². The zero-order valence-corrected chi connectivity index (χ0v) is 10.4. The summed E-state index contributed by atoms with van der Waals surface area (Å²) in [5, 5.41) is 13.9. The molecule has 0 aliphatic carbocycles. The number of carbonyl (C=O) groups excluding carboxylic acids is 1. The Hall–Kier alpha value is -2.11. The molecular formula is C12H17N3O3. The average Bonchev–Trinajstić information content (AvgIpc) is 2.36. The smallest absolute Gasteiger partial charge is 0.326 e. The van der Waals surface area contributed by atoms with Crippen LogP contribution in [0.2, 0.25) is 0 Å². The van der Waals surface area contributed by atoms with Gasteiger partial charge in [-0.25, -0.2) is 9.59 Å². The molecule has 6 nitrogen and oxygen atoms in total. The number of hydrogen-bond donors (Lipinski definition) is 3. The Morgan fingerprint density at radius 2 is 2.17 bits per heavy atom. The molecule has 98 valence electrons. The van der Waals surface area contributed by atoms with Gasteiger partial charge in [0.05, 0.1) is 6.04 Å². The van der Waals surface area contributed by atoms with E-state index in [0.717, 1.165) is 5.56 Å². The molecule has 0 radical (unpaired) electrons. The number of nitrogens with one attached hydrogen (secondary N) is 2. The Morgan fingerprint density at radius 1 is 1.44 bits per heavy atom. The van der Waals surface area contributed by atoms with Crippen molar-refractivity contribution < 1.29 is 14.7 Å². The van der Waals surface area contributed by atoms with Crippen LogP contribution in [-0.2, 0) is 4.79 Å². The van der Waals surface area contributed by atoms with E-state index in [1.54, 1.807) is 32.3 Å². The van der Waals surface area contributed by atoms with Crippen molar-refractivity contribution >= 4 is 12.0 Å². The number of hydrogen-bond acceptors (Lipinski definition) is 3. The lowest BCUT2D eigenvalue weighted by molar-refractivity contribution is -0.139. The van der Waals surface area contributed by atoms with Crippen LogP contribution in [0.5, 0.6) is 0 Å². The first-order valence-corrected chi connectivity index (χ1v) is 5.74. The van der Waals surface area contributed by atoms with Crippen molar-refractivity contribution in [1.82, 2.24) is 15.6 Å². The van der Waals surface area contributed by atoms with Gasteiger partial charge in [-0.1, -0.05) is 13.0 Å². The normalized spacial score (nSPS) is 13.4. The number of urea groups is 1. The molecule has 1 heterocycles. The highest BCUT2D eigenvalue weighted by molar-refractivity contribution is 5.82. The van der Waals surface area contributed by atoms with Crippen LogP contribution in [0.3, 0.4) is 0 Å². The van der Waals surface area contributed by atoms with E-state index in [1.165, 1.54) is 0 Å². The second kappa shape index (κ2) is 6.58. The first-order chi connectivity index (χ1) is 8.54. The van der Waals surface area contributed by atoms with E-state index in [4.69, 9.17) is 5.11 Å². The van der Waals surface area contributed by atoms with E-state index in [1.807, 2.05) is 6.07 Å². The van der Waals surface area contributed by atoms with Crippen molar-refractivity contribution in [1.29, 1.82) is 0 Å². The zero-order valence-electron chi connectivity index (χ0n) is 10.4. The molecule has 0 aromatic carbocycles. The summed E-state index contributed by atoms with van der Waals surface area (Å²) in [5.41, 5.74) is 0.857. The van der Waals surface area contributed by atoms with E-state index in [9.17, 15) is 9.59 Å². The molecule has 0 saturated heterocycles. The predicted octanol–water partition coefficient (Wildman–Crippen LogP) is 1.31. The van der Waals surface area contributed by atoms with Crippen molar-refractivity contribution in [2.45, 2.75) is 32.4 Å². The molecule has 1 rings (SSSR count). The molecule has 3 N–H and O–H groups in total. The van der Waals surface area contributed by atoms with Crippen LogP contribution < -0.4 is 10.6 Å². The van der Waals surface area contributed by atoms with Gasteiger partial charge in [-0.3, -0.25) is 4.98 Å². The fraction of sp³-hybridized carbons (Fsp3) is 0.417. The van der Waals surface area contributed by atoms with Gasteiger partial charge in [0.15, 0.2) is 0 Å². The number of amides is 2. The van der Waals surface area contributed by atoms with Crippen LogP contribution in [0.25, 0.3) is 0 Å². The highest BCUT2D eigenvalue weighted by atomic mass is 16.4. The van der Waals surface area contributed by atoms with E-state index < -0.39 is 18.0 Å². The molecule has 2 atom stereocenters. The van der Waals surface area contributed by atoms with Crippen LogP contribution >= 0.6 is 0 Å². The molecule has 2 amide bonds. The third-order valence-corrected chi connectivity index (χ3v) is 2.54. The first-order valence-electron chi connectivity index (χ1n) is 5.74. The molecule has 0 bridgehead atoms. The fourth-order valence-corrected chi connectivity index (χ4v) is 1.45. The summed E-state index contributed by atoms with van der Waals surface area (Å²) in [4.78, 5) is 26.3. The Labute approximate surface area is 105 Å². The van der Waals surface area contributed by atoms with E-state index in [2.05, 4.69) is 15.6 Å². The number of aromatic nitrogens is 1. The molecular weight excluding hydrogens is 234 g/mol. The van der Waals surface area contributed by atoms with E-state index in [0.29, 0.717) is 6.42 Å². The molecule has 0 aliphatic rings. The Balaban J connectivity index is 2.52. The van der Waals surface area contributed by atoms with Crippen molar-refractivity contribution in [2.75, 3.05) is 0 Å². The van der Waals surface area contributed by atoms with Gasteiger partial charge < -0.3 is 15.7 Å². The van der Waals surface area contributed by atoms with Gasteiger partial charge in [0.1, 0.15) is 6.04 Å². The molecule has 1 aromatic rings. The van der Waals surface area contributed by atoms with Crippen molar-refractivity contribution in [3.8, 4) is 0 Å². The minimum Gasteiger partial charge on any atom is -0.480 e. The Kier molecular flexibility index (Phi) is 5.10. The van der Waals surface area contributed by atoms with E-state index >= 15 is 0 Å². The van der Waals surface area contributed by atoms with E-state index in [-0.39, 0.29) is 6.04 Å². The summed E-state index contributed by atoms with van der Waals surface area (Å²) in [6, 6.07) is 2.01. The van der Waals surface area contributed by atoms with Gasteiger partial charge in [0, 0.05) is 12.4 Å². The number of aliphatic carboxylic acids is 1. The predicted molar refractivity (Wildman–Crippen MR) is 66.0 cm³/mol. The second-order valence-electron chi connectivity index (χ2n) is 3.92. The lowest BCUT2D eigenvalue weighted by Crippen LogP contribution is -2.46. The minimum atomic E-state index is -1.04. The van der Waals surface area contributed by atoms with Crippen molar-refractivity contribution in [3.63, 3.8) is 0 Å². The standard InChI is InChI=1S/C12H17N3O3/c1-3-10(11(16)17)15-12(18)14-8(2)9-5-4-6-13-7-9/h4-8,10H,3H2,1-2H3,(H,16,17)(H2,14,15,18)/t8?,10-/m1/s1. The van der Waals surface area contributed by atoms with Crippen molar-refractivity contribution in [2.24, 2.45) is 0 Å². The van der Waals surface area contributed by atoms with Crippen LogP contribution in [-0.4, -0.2) is 28.1 Å². The molecule has 0 saturated carbocycles. The summed E-state index contributed by atoms with van der Waals surface area (Å²) in [7, 11) is 0. The van der Waals surface area contributed by atoms with Crippen LogP contribution in [0, 0.1) is 0 Å². The minimum absolute atomic E-state index is 0.231. The zero-order chi connectivity index (χ0) is 13.5. The SMILES string of the molecule is CC[C@@H](NC(=O)NC(C)c1cccnc1)C(=O)O. The highest BCUT2D eigenvalue weighted by Crippen LogP contribution is 2.09. The molecule has 0 spiro atoms. The highest BCUT2D eigenvalue weighted by Gasteiger charge is 2.18. The Morgan fingerprint density at radius 3 is 2.67 bits per heavy atom. The molecule has 0 aliphatic heterocycles. The average molecular weight is 251 g/mol. The fourth-order valence-electron chi connectivity index (χ4n) is 1.45.